The summed E-state index contributed by atoms with van der Waals surface area (Å²) in [6.45, 7) is 0. The van der Waals surface area contributed by atoms with Gasteiger partial charge in [-0.1, -0.05) is 208 Å². The van der Waals surface area contributed by atoms with Crippen LogP contribution in [0, 0.1) is 0 Å². The third kappa shape index (κ3) is 10.1. The Morgan fingerprint density at radius 1 is 0.264 bits per heavy atom. The van der Waals surface area contributed by atoms with Crippen molar-refractivity contribution in [3.63, 3.8) is 0 Å². The van der Waals surface area contributed by atoms with Gasteiger partial charge in [-0.05, 0) is 276 Å². The molecule has 0 amide bonds. The Balaban J connectivity index is 0.798. The average Bonchev–Trinajstić information content (AvgIpc) is 1.62. The van der Waals surface area contributed by atoms with Crippen LogP contribution in [0.5, 0.6) is 0 Å². The molecule has 10 aromatic carbocycles. The van der Waals surface area contributed by atoms with Crippen molar-refractivity contribution in [1.29, 1.82) is 0 Å². The Labute approximate surface area is 518 Å². The Kier molecular flexibility index (Phi) is 14.5. The lowest BCUT2D eigenvalue weighted by molar-refractivity contribution is 0.407. The number of hydrogen-bond donors (Lipinski definition) is 0. The van der Waals surface area contributed by atoms with E-state index >= 15 is 0 Å². The van der Waals surface area contributed by atoms with Crippen molar-refractivity contribution in [2.45, 2.75) is 165 Å². The van der Waals surface area contributed by atoms with Gasteiger partial charge in [-0.15, -0.1) is 0 Å². The number of nitrogens with zero attached hydrogens (tertiary/aromatic N) is 1. The molecule has 0 saturated carbocycles. The SMILES string of the molecule is c1ccc(-c2cccc(N(c3ccc4c(c3)C(CCCCc3ccc5c(c3)CC5)(CCCCc3ccc5c(c3)CC5)c3ccccc3-4)c3cccc4c3-c3ccccc3C4(CCCCc3ccc4c(c3)CC4)CCCCc3ccc4c(c3)CC4)c2)cc1. The number of fused-ring (bicyclic) bond motifs is 10. The lowest BCUT2D eigenvalue weighted by Crippen LogP contribution is -2.26. The van der Waals surface area contributed by atoms with Gasteiger partial charge >= 0.3 is 0 Å². The van der Waals surface area contributed by atoms with Crippen molar-refractivity contribution >= 4 is 17.1 Å². The minimum atomic E-state index is -0.109. The highest BCUT2D eigenvalue weighted by Gasteiger charge is 2.45. The van der Waals surface area contributed by atoms with Gasteiger partial charge in [0.25, 0.3) is 0 Å². The lowest BCUT2D eigenvalue weighted by Gasteiger charge is -2.35. The summed E-state index contributed by atoms with van der Waals surface area (Å²) in [4.78, 5) is 2.69. The minimum Gasteiger partial charge on any atom is -0.310 e. The van der Waals surface area contributed by atoms with Crippen molar-refractivity contribution in [1.82, 2.24) is 0 Å². The quantitative estimate of drug-likeness (QED) is 0.0545. The molecule has 0 N–H and O–H groups in total. The molecule has 0 aromatic heterocycles. The molecule has 0 saturated heterocycles. The Hall–Kier alpha value is -8.00. The predicted molar refractivity (Wildman–Crippen MR) is 365 cm³/mol. The monoisotopic (exact) mass is 1130 g/mol. The van der Waals surface area contributed by atoms with Crippen LogP contribution in [-0.2, 0) is 87.9 Å². The lowest BCUT2D eigenvalue weighted by atomic mass is 9.70. The Bertz CT molecular complexity index is 4080. The summed E-state index contributed by atoms with van der Waals surface area (Å²) in [5, 5.41) is 0. The molecule has 0 atom stereocenters. The second kappa shape index (κ2) is 23.3. The van der Waals surface area contributed by atoms with Crippen molar-refractivity contribution in [3.05, 3.63) is 301 Å². The van der Waals surface area contributed by atoms with E-state index in [4.69, 9.17) is 0 Å². The number of aryl methyl sites for hydroxylation is 12. The standard InChI is InChI=1S/C86H83N/c1-2-22-64(23-3-1)69-24-16-25-74(58-69)87(75-48-49-77-76-26-4-6-28-79(76)86(82(77)59-75,52-14-10-20-62-34-38-67-42-46-72(67)56-62)53-15-11-21-63-35-39-68-43-47-73(68)57-63)83-31-17-30-81-84(83)78-27-5-7-29-80(78)85(81,50-12-8-18-60-32-36-65-40-44-70(65)54-60)51-13-9-19-61-33-37-66-41-45-71(66)55-61/h1-7,16-17,22-39,48-49,54-59H,8-15,18-21,40-47,50-53H2. The summed E-state index contributed by atoms with van der Waals surface area (Å²) in [7, 11) is 0. The zero-order valence-electron chi connectivity index (χ0n) is 51.1. The van der Waals surface area contributed by atoms with E-state index in [1.165, 1.54) is 198 Å². The van der Waals surface area contributed by atoms with E-state index in [9.17, 15) is 0 Å². The van der Waals surface area contributed by atoms with Gasteiger partial charge in [-0.3, -0.25) is 0 Å². The second-order valence-corrected chi connectivity index (χ2v) is 27.2. The third-order valence-corrected chi connectivity index (χ3v) is 22.2. The molecule has 0 aliphatic heterocycles. The maximum atomic E-state index is 2.69. The van der Waals surface area contributed by atoms with Crippen molar-refractivity contribution in [2.24, 2.45) is 0 Å². The van der Waals surface area contributed by atoms with Crippen LogP contribution < -0.4 is 4.90 Å². The molecule has 0 unspecified atom stereocenters. The van der Waals surface area contributed by atoms with Crippen LogP contribution in [0.15, 0.2) is 212 Å². The van der Waals surface area contributed by atoms with Crippen LogP contribution in [0.1, 0.15) is 166 Å². The largest absolute Gasteiger partial charge is 0.310 e. The first kappa shape index (κ1) is 54.4. The topological polar surface area (TPSA) is 3.24 Å². The number of rotatable bonds is 24. The zero-order chi connectivity index (χ0) is 57.7. The smallest absolute Gasteiger partial charge is 0.0543 e. The van der Waals surface area contributed by atoms with Gasteiger partial charge < -0.3 is 4.90 Å². The van der Waals surface area contributed by atoms with Gasteiger partial charge in [0.15, 0.2) is 0 Å². The van der Waals surface area contributed by atoms with E-state index in [-0.39, 0.29) is 10.8 Å². The molecule has 0 heterocycles. The summed E-state index contributed by atoms with van der Waals surface area (Å²) in [5.41, 5.74) is 36.5. The molecule has 0 spiro atoms. The maximum Gasteiger partial charge on any atom is 0.0543 e. The molecule has 0 bridgehead atoms. The molecule has 10 aromatic rings. The van der Waals surface area contributed by atoms with Gasteiger partial charge in [0.2, 0.25) is 0 Å². The van der Waals surface area contributed by atoms with E-state index in [1.54, 1.807) is 44.5 Å². The molecular formula is C86H83N. The summed E-state index contributed by atoms with van der Waals surface area (Å²) >= 11 is 0. The predicted octanol–water partition coefficient (Wildman–Crippen LogP) is 21.4. The maximum absolute atomic E-state index is 2.69. The molecule has 6 aliphatic carbocycles. The fourth-order valence-electron chi connectivity index (χ4n) is 17.1. The van der Waals surface area contributed by atoms with E-state index in [1.807, 2.05) is 0 Å². The number of anilines is 3. The first-order valence-electron chi connectivity index (χ1n) is 33.9. The number of benzene rings is 10. The van der Waals surface area contributed by atoms with Crippen LogP contribution in [0.25, 0.3) is 33.4 Å². The molecular weight excluding hydrogens is 1050 g/mol. The van der Waals surface area contributed by atoms with Crippen LogP contribution in [0.2, 0.25) is 0 Å². The summed E-state index contributed by atoms with van der Waals surface area (Å²) in [6, 6.07) is 84.3. The highest BCUT2D eigenvalue weighted by Crippen LogP contribution is 2.60. The van der Waals surface area contributed by atoms with Crippen LogP contribution >= 0.6 is 0 Å². The van der Waals surface area contributed by atoms with Gasteiger partial charge in [0.05, 0.1) is 5.69 Å². The molecule has 0 fully saturated rings. The van der Waals surface area contributed by atoms with Crippen molar-refractivity contribution in [2.75, 3.05) is 4.90 Å². The normalized spacial score (nSPS) is 15.2. The van der Waals surface area contributed by atoms with Crippen molar-refractivity contribution < 1.29 is 0 Å². The van der Waals surface area contributed by atoms with Crippen LogP contribution in [0.3, 0.4) is 0 Å². The molecule has 1 nitrogen and oxygen atoms in total. The average molecular weight is 1130 g/mol. The van der Waals surface area contributed by atoms with Gasteiger partial charge in [0.1, 0.15) is 0 Å². The van der Waals surface area contributed by atoms with Crippen molar-refractivity contribution in [3.8, 4) is 33.4 Å². The highest BCUT2D eigenvalue weighted by molar-refractivity contribution is 5.96. The van der Waals surface area contributed by atoms with Crippen LogP contribution in [0.4, 0.5) is 17.1 Å². The van der Waals surface area contributed by atoms with E-state index in [2.05, 4.69) is 217 Å². The summed E-state index contributed by atoms with van der Waals surface area (Å²) < 4.78 is 0. The molecule has 16 rings (SSSR count). The number of unbranched alkanes of at least 4 members (excludes halogenated alkanes) is 4. The summed E-state index contributed by atoms with van der Waals surface area (Å²) in [5.74, 6) is 0. The van der Waals surface area contributed by atoms with Gasteiger partial charge in [-0.2, -0.15) is 0 Å². The van der Waals surface area contributed by atoms with Gasteiger partial charge in [0, 0.05) is 27.8 Å². The van der Waals surface area contributed by atoms with E-state index < -0.39 is 0 Å². The molecule has 6 aliphatic rings. The molecule has 87 heavy (non-hydrogen) atoms. The molecule has 1 heteroatoms. The van der Waals surface area contributed by atoms with E-state index in [0.717, 1.165) is 51.4 Å². The third-order valence-electron chi connectivity index (χ3n) is 22.2. The minimum absolute atomic E-state index is 0.101. The van der Waals surface area contributed by atoms with E-state index in [0.29, 0.717) is 0 Å². The Morgan fingerprint density at radius 3 is 1.16 bits per heavy atom. The first-order valence-corrected chi connectivity index (χ1v) is 33.9. The number of hydrogen-bond acceptors (Lipinski definition) is 1. The zero-order valence-corrected chi connectivity index (χ0v) is 51.1. The molecule has 432 valence electrons. The molecule has 0 radical (unpaired) electrons. The highest BCUT2D eigenvalue weighted by atomic mass is 15.1. The summed E-state index contributed by atoms with van der Waals surface area (Å²) in [6.07, 6.45) is 28.7. The van der Waals surface area contributed by atoms with Gasteiger partial charge in [-0.25, -0.2) is 0 Å². The van der Waals surface area contributed by atoms with Crippen LogP contribution in [-0.4, -0.2) is 0 Å². The Morgan fingerprint density at radius 2 is 0.667 bits per heavy atom. The first-order chi connectivity index (χ1) is 43.0. The fourth-order valence-corrected chi connectivity index (χ4v) is 17.1. The fraction of sp³-hybridized carbons (Fsp3) is 0.302. The second-order valence-electron chi connectivity index (χ2n) is 27.2.